The van der Waals surface area contributed by atoms with Gasteiger partial charge in [-0.1, -0.05) is 12.1 Å². The number of piperidine rings is 1. The van der Waals surface area contributed by atoms with E-state index >= 15 is 0 Å². The molecule has 3 aromatic rings. The van der Waals surface area contributed by atoms with E-state index in [0.29, 0.717) is 29.8 Å². The summed E-state index contributed by atoms with van der Waals surface area (Å²) in [6.45, 7) is 0. The number of benzene rings is 1. The molecule has 7 heteroatoms. The van der Waals surface area contributed by atoms with Crippen LogP contribution in [0.3, 0.4) is 0 Å². The molecule has 160 valence electrons. The Labute approximate surface area is 181 Å². The summed E-state index contributed by atoms with van der Waals surface area (Å²) in [5.74, 6) is 1.30. The van der Waals surface area contributed by atoms with E-state index in [2.05, 4.69) is 32.7 Å². The monoisotopic (exact) mass is 416 g/mol. The zero-order chi connectivity index (χ0) is 21.1. The zero-order valence-corrected chi connectivity index (χ0v) is 18.0. The lowest BCUT2D eigenvalue weighted by Crippen LogP contribution is -2.37. The molecule has 2 aliphatic heterocycles. The normalized spacial score (nSPS) is 29.3. The smallest absolute Gasteiger partial charge is 0.251 e. The lowest BCUT2D eigenvalue weighted by atomic mass is 9.82. The van der Waals surface area contributed by atoms with Gasteiger partial charge in [-0.25, -0.2) is 9.97 Å². The van der Waals surface area contributed by atoms with Crippen molar-refractivity contribution in [2.75, 3.05) is 7.05 Å². The van der Waals surface area contributed by atoms with Crippen LogP contribution < -0.4 is 10.6 Å². The molecular formula is C24H28N6O. The summed E-state index contributed by atoms with van der Waals surface area (Å²) in [5, 5.41) is 12.4. The SMILES string of the molecule is CNC(=O)c1ccc(C2CC2c2nn(C)c3ncncc23)cc1C1C[C@H]2CC[C@@H](C1)N2. The van der Waals surface area contributed by atoms with Crippen LogP contribution in [0.15, 0.2) is 30.7 Å². The fourth-order valence-corrected chi connectivity index (χ4v) is 5.97. The van der Waals surface area contributed by atoms with Crippen molar-refractivity contribution in [1.82, 2.24) is 30.4 Å². The number of amides is 1. The van der Waals surface area contributed by atoms with Crippen molar-refractivity contribution in [2.45, 2.75) is 61.9 Å². The van der Waals surface area contributed by atoms with E-state index in [4.69, 9.17) is 5.10 Å². The molecule has 0 spiro atoms. The molecule has 31 heavy (non-hydrogen) atoms. The van der Waals surface area contributed by atoms with E-state index in [1.54, 1.807) is 13.4 Å². The van der Waals surface area contributed by atoms with Crippen LogP contribution >= 0.6 is 0 Å². The second-order valence-electron chi connectivity index (χ2n) is 9.45. The van der Waals surface area contributed by atoms with Gasteiger partial charge in [0.1, 0.15) is 6.33 Å². The fourth-order valence-electron chi connectivity index (χ4n) is 5.97. The number of nitrogens with one attached hydrogen (secondary N) is 2. The van der Waals surface area contributed by atoms with Crippen LogP contribution in [0.5, 0.6) is 0 Å². The third-order valence-corrected chi connectivity index (χ3v) is 7.56. The number of carbonyl (C=O) groups is 1. The molecule has 5 atom stereocenters. The predicted octanol–water partition coefficient (Wildman–Crippen LogP) is 2.99. The number of hydrogen-bond acceptors (Lipinski definition) is 5. The zero-order valence-electron chi connectivity index (χ0n) is 18.0. The van der Waals surface area contributed by atoms with Gasteiger partial charge in [0.2, 0.25) is 0 Å². The Kier molecular flexibility index (Phi) is 4.35. The first-order valence-corrected chi connectivity index (χ1v) is 11.4. The first kappa shape index (κ1) is 18.9. The van der Waals surface area contributed by atoms with E-state index in [1.165, 1.54) is 24.0 Å². The Morgan fingerprint density at radius 2 is 1.97 bits per heavy atom. The summed E-state index contributed by atoms with van der Waals surface area (Å²) in [6.07, 6.45) is 9.31. The summed E-state index contributed by atoms with van der Waals surface area (Å²) >= 11 is 0. The molecule has 1 aliphatic carbocycles. The number of fused-ring (bicyclic) bond motifs is 3. The highest BCUT2D eigenvalue weighted by Gasteiger charge is 2.43. The fraction of sp³-hybridized carbons (Fsp3) is 0.500. The largest absolute Gasteiger partial charge is 0.355 e. The second kappa shape index (κ2) is 7.12. The summed E-state index contributed by atoms with van der Waals surface area (Å²) < 4.78 is 1.85. The molecule has 0 radical (unpaired) electrons. The van der Waals surface area contributed by atoms with Crippen molar-refractivity contribution in [3.8, 4) is 0 Å². The minimum Gasteiger partial charge on any atom is -0.355 e. The van der Waals surface area contributed by atoms with Crippen LogP contribution in [0, 0.1) is 0 Å². The van der Waals surface area contributed by atoms with Crippen molar-refractivity contribution in [2.24, 2.45) is 7.05 Å². The van der Waals surface area contributed by atoms with Gasteiger partial charge in [-0.2, -0.15) is 5.10 Å². The molecule has 3 fully saturated rings. The average molecular weight is 417 g/mol. The summed E-state index contributed by atoms with van der Waals surface area (Å²) in [7, 11) is 3.66. The van der Waals surface area contributed by atoms with Gasteiger partial charge < -0.3 is 10.6 Å². The van der Waals surface area contributed by atoms with Crippen molar-refractivity contribution in [3.05, 3.63) is 53.1 Å². The molecule has 4 heterocycles. The maximum absolute atomic E-state index is 12.6. The molecule has 2 saturated heterocycles. The first-order chi connectivity index (χ1) is 15.1. The topological polar surface area (TPSA) is 84.7 Å². The number of hydrogen-bond donors (Lipinski definition) is 2. The van der Waals surface area contributed by atoms with Gasteiger partial charge in [0.15, 0.2) is 5.65 Å². The molecule has 1 amide bonds. The Morgan fingerprint density at radius 3 is 2.74 bits per heavy atom. The van der Waals surface area contributed by atoms with Crippen LogP contribution in [0.4, 0.5) is 0 Å². The maximum atomic E-state index is 12.6. The van der Waals surface area contributed by atoms with Crippen LogP contribution in [0.2, 0.25) is 0 Å². The van der Waals surface area contributed by atoms with Gasteiger partial charge in [0.25, 0.3) is 5.91 Å². The van der Waals surface area contributed by atoms with Gasteiger partial charge in [0, 0.05) is 43.9 Å². The molecule has 1 saturated carbocycles. The highest BCUT2D eigenvalue weighted by atomic mass is 16.1. The van der Waals surface area contributed by atoms with Crippen LogP contribution in [0.1, 0.15) is 77.0 Å². The number of carbonyl (C=O) groups excluding carboxylic acids is 1. The molecular weight excluding hydrogens is 388 g/mol. The lowest BCUT2D eigenvalue weighted by Gasteiger charge is -2.30. The van der Waals surface area contributed by atoms with Crippen molar-refractivity contribution in [1.29, 1.82) is 0 Å². The van der Waals surface area contributed by atoms with Gasteiger partial charge >= 0.3 is 0 Å². The Morgan fingerprint density at radius 1 is 1.16 bits per heavy atom. The highest BCUT2D eigenvalue weighted by Crippen LogP contribution is 2.56. The molecule has 3 unspecified atom stereocenters. The third kappa shape index (κ3) is 3.14. The minimum atomic E-state index is 0.0210. The van der Waals surface area contributed by atoms with Gasteiger partial charge in [-0.3, -0.25) is 9.48 Å². The molecule has 6 rings (SSSR count). The number of nitrogens with zero attached hydrogens (tertiary/aromatic N) is 4. The second-order valence-corrected chi connectivity index (χ2v) is 9.45. The predicted molar refractivity (Wildman–Crippen MR) is 118 cm³/mol. The highest BCUT2D eigenvalue weighted by molar-refractivity contribution is 5.95. The number of aromatic nitrogens is 4. The number of aryl methyl sites for hydroxylation is 1. The van der Waals surface area contributed by atoms with E-state index < -0.39 is 0 Å². The molecule has 2 N–H and O–H groups in total. The Balaban J connectivity index is 1.34. The van der Waals surface area contributed by atoms with Crippen molar-refractivity contribution < 1.29 is 4.79 Å². The van der Waals surface area contributed by atoms with E-state index in [-0.39, 0.29) is 5.91 Å². The maximum Gasteiger partial charge on any atom is 0.251 e. The van der Waals surface area contributed by atoms with Crippen LogP contribution in [-0.2, 0) is 7.05 Å². The van der Waals surface area contributed by atoms with E-state index in [0.717, 1.165) is 41.6 Å². The summed E-state index contributed by atoms with van der Waals surface area (Å²) in [6, 6.07) is 7.71. The molecule has 7 nitrogen and oxygen atoms in total. The number of rotatable bonds is 4. The van der Waals surface area contributed by atoms with E-state index in [9.17, 15) is 4.79 Å². The average Bonchev–Trinajstić information content (AvgIpc) is 3.44. The molecule has 3 aliphatic rings. The van der Waals surface area contributed by atoms with E-state index in [1.807, 2.05) is 24.0 Å². The lowest BCUT2D eigenvalue weighted by molar-refractivity contribution is 0.0961. The van der Waals surface area contributed by atoms with Crippen LogP contribution in [0.25, 0.3) is 11.0 Å². The van der Waals surface area contributed by atoms with Crippen molar-refractivity contribution >= 4 is 16.9 Å². The third-order valence-electron chi connectivity index (χ3n) is 7.56. The summed E-state index contributed by atoms with van der Waals surface area (Å²) in [5.41, 5.74) is 5.38. The molecule has 2 bridgehead atoms. The van der Waals surface area contributed by atoms with Gasteiger partial charge in [-0.05, 0) is 61.1 Å². The quantitative estimate of drug-likeness (QED) is 0.683. The Bertz CT molecular complexity index is 1160. The molecule has 1 aromatic carbocycles. The van der Waals surface area contributed by atoms with Gasteiger partial charge in [-0.15, -0.1) is 0 Å². The molecule has 2 aromatic heterocycles. The first-order valence-electron chi connectivity index (χ1n) is 11.4. The standard InChI is InChI=1S/C24H28N6O/c1-25-24(31)17-6-3-13(9-18(17)14-7-15-4-5-16(8-14)28-15)19-10-20(19)22-21-11-26-12-27-23(21)30(2)29-22/h3,6,9,11-12,14-16,19-20,28H,4-5,7-8,10H2,1-2H3,(H,25,31)/t14?,15-,16+,19?,20?. The van der Waals surface area contributed by atoms with Gasteiger partial charge in [0.05, 0.1) is 11.1 Å². The summed E-state index contributed by atoms with van der Waals surface area (Å²) in [4.78, 5) is 21.2. The van der Waals surface area contributed by atoms with Crippen molar-refractivity contribution in [3.63, 3.8) is 0 Å². The minimum absolute atomic E-state index is 0.0210. The van der Waals surface area contributed by atoms with Crippen LogP contribution in [-0.4, -0.2) is 44.8 Å². The Hall–Kier alpha value is -2.80.